The monoisotopic (exact) mass is 410 g/mol. The lowest BCUT2D eigenvalue weighted by Gasteiger charge is -2.21. The summed E-state index contributed by atoms with van der Waals surface area (Å²) in [5.74, 6) is 0. The molecule has 27 heavy (non-hydrogen) atoms. The molecule has 0 unspecified atom stereocenters. The van der Waals surface area contributed by atoms with Crippen molar-refractivity contribution in [1.29, 1.82) is 0 Å². The maximum absolute atomic E-state index is 3.83. The summed E-state index contributed by atoms with van der Waals surface area (Å²) in [6.45, 7) is 0. The van der Waals surface area contributed by atoms with E-state index in [-0.39, 0.29) is 0 Å². The molecule has 0 heterocycles. The van der Waals surface area contributed by atoms with Gasteiger partial charge >= 0.3 is 0 Å². The third-order valence-corrected chi connectivity index (χ3v) is 6.13. The Labute approximate surface area is 168 Å². The molecular weight excluding hydrogens is 392 g/mol. The van der Waals surface area contributed by atoms with E-state index in [1.54, 1.807) is 0 Å². The maximum atomic E-state index is 3.83. The fourth-order valence-electron chi connectivity index (χ4n) is 4.22. The Hall–Kier alpha value is -2.64. The number of hydrogen-bond acceptors (Lipinski definition) is 0. The lowest BCUT2D eigenvalue weighted by atomic mass is 9.84. The van der Waals surface area contributed by atoms with Crippen molar-refractivity contribution < 1.29 is 0 Å². The summed E-state index contributed by atoms with van der Waals surface area (Å²) in [5, 5.41) is 0. The molecule has 0 aromatic heterocycles. The molecule has 4 aromatic carbocycles. The van der Waals surface area contributed by atoms with E-state index in [0.717, 1.165) is 12.8 Å². The molecule has 1 aliphatic carbocycles. The van der Waals surface area contributed by atoms with Gasteiger partial charge in [0.25, 0.3) is 0 Å². The summed E-state index contributed by atoms with van der Waals surface area (Å²) in [7, 11) is 0. The van der Waals surface area contributed by atoms with Crippen LogP contribution in [0.15, 0.2) is 95.5 Å². The molecule has 0 fully saturated rings. The maximum Gasteiger partial charge on any atom is 0.0256 e. The van der Waals surface area contributed by atoms with Gasteiger partial charge in [0.05, 0.1) is 0 Å². The van der Waals surface area contributed by atoms with Gasteiger partial charge < -0.3 is 0 Å². The standard InChI is InChI=1S/C26H19Br/c27-25-15-7-11-21-17-19-9-2-5-13-23(19)22-12-4-1-8-18(22)16-20-10-3-6-14-24(20)26(21)25/h1-15H,16-17H2. The molecule has 0 spiro atoms. The zero-order chi connectivity index (χ0) is 18.2. The van der Waals surface area contributed by atoms with Crippen LogP contribution in [0.25, 0.3) is 22.3 Å². The molecule has 0 amide bonds. The van der Waals surface area contributed by atoms with Crippen molar-refractivity contribution in [2.24, 2.45) is 0 Å². The van der Waals surface area contributed by atoms with E-state index in [4.69, 9.17) is 0 Å². The summed E-state index contributed by atoms with van der Waals surface area (Å²) in [6, 6.07) is 33.1. The van der Waals surface area contributed by atoms with Crippen LogP contribution in [0.3, 0.4) is 0 Å². The van der Waals surface area contributed by atoms with Crippen LogP contribution in [0.1, 0.15) is 22.3 Å². The van der Waals surface area contributed by atoms with E-state index < -0.39 is 0 Å². The van der Waals surface area contributed by atoms with E-state index in [9.17, 15) is 0 Å². The van der Waals surface area contributed by atoms with Gasteiger partial charge in [-0.1, -0.05) is 101 Å². The quantitative estimate of drug-likeness (QED) is 0.251. The van der Waals surface area contributed by atoms with Crippen molar-refractivity contribution in [1.82, 2.24) is 0 Å². The van der Waals surface area contributed by atoms with Gasteiger partial charge in [-0.05, 0) is 63.4 Å². The molecule has 0 radical (unpaired) electrons. The SMILES string of the molecule is Brc1cccc2c1-c1ccccc1Cc1ccccc1-c1ccccc1C2. The summed E-state index contributed by atoms with van der Waals surface area (Å²) in [6.07, 6.45) is 1.86. The first-order valence-corrected chi connectivity index (χ1v) is 10.1. The fraction of sp³-hybridized carbons (Fsp3) is 0.0769. The Kier molecular flexibility index (Phi) is 4.18. The molecule has 130 valence electrons. The van der Waals surface area contributed by atoms with Gasteiger partial charge in [-0.3, -0.25) is 0 Å². The third kappa shape index (κ3) is 2.93. The number of halogens is 1. The van der Waals surface area contributed by atoms with Crippen LogP contribution in [0.2, 0.25) is 0 Å². The third-order valence-electron chi connectivity index (χ3n) is 5.47. The minimum absolute atomic E-state index is 0.924. The molecule has 5 rings (SSSR count). The Bertz CT molecular complexity index is 1140. The highest BCUT2D eigenvalue weighted by molar-refractivity contribution is 9.10. The Morgan fingerprint density at radius 1 is 0.444 bits per heavy atom. The largest absolute Gasteiger partial charge is 0.0619 e. The molecule has 1 heteroatoms. The molecule has 4 aromatic rings. The van der Waals surface area contributed by atoms with Crippen LogP contribution in [0.4, 0.5) is 0 Å². The first-order valence-electron chi connectivity index (χ1n) is 9.33. The van der Waals surface area contributed by atoms with E-state index in [1.807, 2.05) is 0 Å². The molecule has 0 aliphatic heterocycles. The van der Waals surface area contributed by atoms with Crippen molar-refractivity contribution in [2.75, 3.05) is 0 Å². The average Bonchev–Trinajstić information content (AvgIpc) is 2.70. The summed E-state index contributed by atoms with van der Waals surface area (Å²) in [4.78, 5) is 0. The number of benzene rings is 4. The molecule has 0 saturated carbocycles. The first-order chi connectivity index (χ1) is 13.3. The van der Waals surface area contributed by atoms with Gasteiger partial charge in [0.2, 0.25) is 0 Å². The second-order valence-electron chi connectivity index (χ2n) is 7.10. The Morgan fingerprint density at radius 3 is 1.52 bits per heavy atom. The topological polar surface area (TPSA) is 0 Å². The smallest absolute Gasteiger partial charge is 0.0256 e. The van der Waals surface area contributed by atoms with Gasteiger partial charge in [0, 0.05) is 4.47 Å². The van der Waals surface area contributed by atoms with Crippen LogP contribution in [-0.4, -0.2) is 0 Å². The first kappa shape index (κ1) is 16.5. The summed E-state index contributed by atoms with van der Waals surface area (Å²) >= 11 is 3.83. The van der Waals surface area contributed by atoms with E-state index in [1.165, 1.54) is 49.0 Å². The van der Waals surface area contributed by atoms with Gasteiger partial charge in [-0.15, -0.1) is 0 Å². The highest BCUT2D eigenvalue weighted by Gasteiger charge is 2.18. The molecule has 0 atom stereocenters. The van der Waals surface area contributed by atoms with Gasteiger partial charge in [0.15, 0.2) is 0 Å². The second kappa shape index (κ2) is 6.83. The highest BCUT2D eigenvalue weighted by Crippen LogP contribution is 2.39. The molecule has 0 nitrogen and oxygen atoms in total. The second-order valence-corrected chi connectivity index (χ2v) is 7.95. The van der Waals surface area contributed by atoms with Gasteiger partial charge in [0.1, 0.15) is 0 Å². The van der Waals surface area contributed by atoms with Crippen LogP contribution < -0.4 is 0 Å². The predicted molar refractivity (Wildman–Crippen MR) is 117 cm³/mol. The Balaban J connectivity index is 1.86. The zero-order valence-electron chi connectivity index (χ0n) is 15.0. The predicted octanol–water partition coefficient (Wildman–Crippen LogP) is 7.28. The number of hydrogen-bond donors (Lipinski definition) is 0. The van der Waals surface area contributed by atoms with Crippen LogP contribution in [0.5, 0.6) is 0 Å². The lowest BCUT2D eigenvalue weighted by Crippen LogP contribution is -2.02. The molecule has 0 bridgehead atoms. The van der Waals surface area contributed by atoms with Crippen LogP contribution >= 0.6 is 15.9 Å². The average molecular weight is 411 g/mol. The van der Waals surface area contributed by atoms with E-state index in [2.05, 4.69) is 107 Å². The molecule has 0 saturated heterocycles. The van der Waals surface area contributed by atoms with Crippen molar-refractivity contribution >= 4 is 15.9 Å². The van der Waals surface area contributed by atoms with Crippen molar-refractivity contribution in [3.63, 3.8) is 0 Å². The van der Waals surface area contributed by atoms with Crippen LogP contribution in [0, 0.1) is 0 Å². The normalized spacial score (nSPS) is 12.3. The Morgan fingerprint density at radius 2 is 0.889 bits per heavy atom. The summed E-state index contributed by atoms with van der Waals surface area (Å²) in [5.41, 5.74) is 10.8. The minimum Gasteiger partial charge on any atom is -0.0619 e. The molecular formula is C26H19Br. The van der Waals surface area contributed by atoms with Crippen LogP contribution in [-0.2, 0) is 12.8 Å². The fourth-order valence-corrected chi connectivity index (χ4v) is 4.84. The van der Waals surface area contributed by atoms with Crippen molar-refractivity contribution in [3.8, 4) is 22.3 Å². The summed E-state index contributed by atoms with van der Waals surface area (Å²) < 4.78 is 1.17. The number of rotatable bonds is 0. The molecule has 0 N–H and O–H groups in total. The van der Waals surface area contributed by atoms with Gasteiger partial charge in [-0.25, -0.2) is 0 Å². The lowest BCUT2D eigenvalue weighted by molar-refractivity contribution is 1.15. The van der Waals surface area contributed by atoms with E-state index in [0.29, 0.717) is 0 Å². The van der Waals surface area contributed by atoms with Crippen molar-refractivity contribution in [2.45, 2.75) is 12.8 Å². The van der Waals surface area contributed by atoms with Crippen molar-refractivity contribution in [3.05, 3.63) is 118 Å². The molecule has 1 aliphatic rings. The highest BCUT2D eigenvalue weighted by atomic mass is 79.9. The minimum atomic E-state index is 0.924. The van der Waals surface area contributed by atoms with Gasteiger partial charge in [-0.2, -0.15) is 0 Å². The zero-order valence-corrected chi connectivity index (χ0v) is 16.5. The number of fused-ring (bicyclic) bond motifs is 6. The van der Waals surface area contributed by atoms with E-state index >= 15 is 0 Å².